The first-order valence-corrected chi connectivity index (χ1v) is 42.8. The second-order valence-corrected chi connectivity index (χ2v) is 32.5. The highest BCUT2D eigenvalue weighted by Crippen LogP contribution is 2.41. The molecule has 16 heteroatoms. The molecular formula is C106H102Br4Cl2FIN6O2. The Balaban J connectivity index is 0.000000202. The third-order valence-corrected chi connectivity index (χ3v) is 22.8. The molecule has 0 aliphatic heterocycles. The highest BCUT2D eigenvalue weighted by molar-refractivity contribution is 14.1. The summed E-state index contributed by atoms with van der Waals surface area (Å²) in [4.78, 5) is 18.4. The van der Waals surface area contributed by atoms with Crippen LogP contribution in [0, 0.1) is 3.57 Å². The van der Waals surface area contributed by atoms with E-state index in [0.29, 0.717) is 5.78 Å². The van der Waals surface area contributed by atoms with Gasteiger partial charge in [-0.25, -0.2) is 0 Å². The smallest absolute Gasteiger partial charge is 0.163 e. The topological polar surface area (TPSA) is 124 Å². The van der Waals surface area contributed by atoms with Gasteiger partial charge in [-0.1, -0.05) is 329 Å². The summed E-state index contributed by atoms with van der Waals surface area (Å²) in [5.74, 6) is 5.45. The molecule has 0 spiro atoms. The standard InChI is InChI=1S/C24H19N.C22H14BrN.C16H12BrN.C16H10BrN.C10H10O.C6H7BrN2.C6H5I.C2H6O.CH3F.3CH4.2ClH.H2/c1-3-7-19(8-4-1)21-11-15-23(16-12-21)25-24-17-13-22(14-18-24)20-9-5-2-6-10-20;23-16-11-13-21-20(14-16)19-12-10-15-6-4-5-9-18(15)22(19)24(21)17-7-2-1-3-8-17;2*17-11-6-8-15-14(9-11)13-7-5-10-3-1-2-4-12(10)16(13)18-15;11-10-7-3-5-8-4-1-2-6-9(8)10;7-5-1-3-6(9-8)4-2-5;7-6-4-2-1-3-5-6;1-2-3;1-2;;;;;;/h1-18,25H;1-14H;1-4,6,8-9,18H,5,7H2;1-9,18H;1-2,4,6H,3,5,7H2;1-4,9H,8H2;1-5H;3H,2H2,1H3;1H3;3*1H4;3*1H/i;;;;;;;;1D;;;;;;1+1D. The zero-order valence-corrected chi connectivity index (χ0v) is 75.3. The summed E-state index contributed by atoms with van der Waals surface area (Å²) in [6.45, 7) is 1.93. The van der Waals surface area contributed by atoms with Gasteiger partial charge in [-0.3, -0.25) is 15.0 Å². The Morgan fingerprint density at radius 2 is 0.869 bits per heavy atom. The number of rotatable bonds is 6. The van der Waals surface area contributed by atoms with Crippen molar-refractivity contribution < 1.29 is 18.6 Å². The van der Waals surface area contributed by atoms with Gasteiger partial charge >= 0.3 is 0 Å². The van der Waals surface area contributed by atoms with Gasteiger partial charge in [-0.15, -0.1) is 24.8 Å². The quantitative estimate of drug-likeness (QED) is 0.0562. The summed E-state index contributed by atoms with van der Waals surface area (Å²) in [6, 6.07) is 128. The van der Waals surface area contributed by atoms with Crippen molar-refractivity contribution in [2.75, 3.05) is 24.5 Å². The van der Waals surface area contributed by atoms with E-state index in [1.165, 1.54) is 136 Å². The van der Waals surface area contributed by atoms with E-state index in [-0.39, 0.29) is 53.7 Å². The van der Waals surface area contributed by atoms with E-state index in [4.69, 9.17) is 15.3 Å². The lowest BCUT2D eigenvalue weighted by Crippen LogP contribution is -2.09. The minimum Gasteiger partial charge on any atom is -0.397 e. The van der Waals surface area contributed by atoms with E-state index in [1.54, 1.807) is 6.92 Å². The van der Waals surface area contributed by atoms with Gasteiger partial charge in [0.1, 0.15) is 0 Å². The number of aliphatic hydroxyl groups excluding tert-OH is 1. The number of hydrogen-bond acceptors (Lipinski definition) is 5. The van der Waals surface area contributed by atoms with Crippen molar-refractivity contribution in [3.05, 3.63) is 414 Å². The number of aryl methyl sites for hydroxylation is 3. The third-order valence-electron chi connectivity index (χ3n) is 20.1. The fourth-order valence-electron chi connectivity index (χ4n) is 14.6. The van der Waals surface area contributed by atoms with Crippen LogP contribution in [0.4, 0.5) is 21.5 Å². The number of nitrogens with two attached hydrogens (primary N) is 1. The lowest BCUT2D eigenvalue weighted by Gasteiger charge is -2.16. The Bertz CT molecular complexity index is 6440. The number of ketones is 1. The fraction of sp³-hybridized carbons (Fsp3) is 0.104. The molecule has 19 aromatic rings. The number of nitrogen functional groups attached to an aromatic ring is 1. The normalized spacial score (nSPS) is 11.1. The SMILES string of the molecule is Brc1ccc2[nH]c3c(c2c1)CCc1ccccc1-3.Brc1ccc2[nH]c3c4ccccc4ccc3c2c1.Brc1ccc2c(c1)c1ccc3ccccc3c1n2-c1ccccc1.C.C.C.CCO.Cl.Cl.Ic1ccccc1.NNc1ccc(Br)cc1.O=C1CCCc2ccccc21.[2H]CF.[2H][2H].c1ccc(-c2ccc(Nc3ccc(-c4ccccc4)cc3)cc2)cc1. The molecule has 21 rings (SSSR count). The first-order valence-electron chi connectivity index (χ1n) is 40.2. The van der Waals surface area contributed by atoms with E-state index in [0.717, 1.165) is 72.6 Å². The number of H-pyrrole nitrogens is 2. The maximum absolute atomic E-state index is 11.3. The largest absolute Gasteiger partial charge is 0.397 e. The second-order valence-electron chi connectivity index (χ2n) is 27.6. The van der Waals surface area contributed by atoms with E-state index in [2.05, 4.69) is 403 Å². The minimum absolute atomic E-state index is 0. The molecule has 624 valence electrons. The van der Waals surface area contributed by atoms with Crippen LogP contribution < -0.4 is 16.6 Å². The van der Waals surface area contributed by atoms with Gasteiger partial charge < -0.3 is 30.4 Å². The predicted molar refractivity (Wildman–Crippen MR) is 554 cm³/mol. The van der Waals surface area contributed by atoms with Crippen molar-refractivity contribution in [1.82, 2.24) is 14.5 Å². The van der Waals surface area contributed by atoms with Crippen molar-refractivity contribution in [2.24, 2.45) is 5.84 Å². The molecule has 2 aliphatic carbocycles. The molecular weight excluding hydrogens is 1930 g/mol. The lowest BCUT2D eigenvalue weighted by molar-refractivity contribution is 0.0972. The monoisotopic (exact) mass is 2030 g/mol. The molecule has 0 atom stereocenters. The number of para-hydroxylation sites is 1. The van der Waals surface area contributed by atoms with Crippen LogP contribution in [0.15, 0.2) is 388 Å². The number of alkyl halides is 1. The number of fused-ring (bicyclic) bond motifs is 16. The number of aliphatic hydroxyl groups is 1. The van der Waals surface area contributed by atoms with E-state index < -0.39 is 7.15 Å². The van der Waals surface area contributed by atoms with Crippen LogP contribution in [-0.4, -0.2) is 39.2 Å². The number of hydrazine groups is 1. The van der Waals surface area contributed by atoms with Crippen molar-refractivity contribution >= 4 is 210 Å². The van der Waals surface area contributed by atoms with Gasteiger partial charge in [-0.2, -0.15) is 0 Å². The van der Waals surface area contributed by atoms with Gasteiger partial charge in [0.15, 0.2) is 5.78 Å². The summed E-state index contributed by atoms with van der Waals surface area (Å²) in [7, 11) is -1.00. The number of hydrogen-bond donors (Lipinski definition) is 6. The molecule has 0 radical (unpaired) electrons. The fourth-order valence-corrected chi connectivity index (χ4v) is 16.4. The zero-order valence-electron chi connectivity index (χ0n) is 68.1. The highest BCUT2D eigenvalue weighted by Gasteiger charge is 2.21. The molecule has 0 amide bonds. The minimum atomic E-state index is -1.00. The molecule has 16 aromatic carbocycles. The van der Waals surface area contributed by atoms with Crippen molar-refractivity contribution in [2.45, 2.75) is 61.3 Å². The second kappa shape index (κ2) is 48.4. The lowest BCUT2D eigenvalue weighted by atomic mass is 9.89. The number of Topliss-reactive ketones (excluding diaryl/α,β-unsaturated/α-hetero) is 1. The van der Waals surface area contributed by atoms with E-state index in [9.17, 15) is 9.18 Å². The zero-order chi connectivity index (χ0) is 84.1. The van der Waals surface area contributed by atoms with E-state index >= 15 is 0 Å². The maximum Gasteiger partial charge on any atom is 0.163 e. The average molecular weight is 2030 g/mol. The molecule has 122 heavy (non-hydrogen) atoms. The number of anilines is 3. The first kappa shape index (κ1) is 93.8. The number of benzene rings is 16. The molecule has 0 saturated heterocycles. The maximum atomic E-state index is 11.3. The predicted octanol–water partition coefficient (Wildman–Crippen LogP) is 33.2. The Hall–Kier alpha value is -10.5. The Morgan fingerprint density at radius 3 is 1.41 bits per heavy atom. The van der Waals surface area contributed by atoms with Gasteiger partial charge in [0.2, 0.25) is 0 Å². The Kier molecular flexibility index (Phi) is 37.2. The summed E-state index contributed by atoms with van der Waals surface area (Å²) < 4.78 is 33.6. The number of aromatic amines is 2. The molecule has 8 nitrogen and oxygen atoms in total. The molecule has 0 bridgehead atoms. The third kappa shape index (κ3) is 24.5. The van der Waals surface area contributed by atoms with Crippen LogP contribution in [0.2, 0.25) is 0 Å². The van der Waals surface area contributed by atoms with Crippen LogP contribution in [0.3, 0.4) is 0 Å². The van der Waals surface area contributed by atoms with Crippen molar-refractivity contribution in [1.29, 1.82) is 0 Å². The Labute approximate surface area is 780 Å². The van der Waals surface area contributed by atoms with Gasteiger partial charge in [-0.05, 0) is 232 Å². The highest BCUT2D eigenvalue weighted by atomic mass is 127. The van der Waals surface area contributed by atoms with Crippen LogP contribution in [0.5, 0.6) is 0 Å². The van der Waals surface area contributed by atoms with Crippen LogP contribution >= 0.6 is 111 Å². The van der Waals surface area contributed by atoms with Crippen molar-refractivity contribution in [3.8, 4) is 39.2 Å². The summed E-state index contributed by atoms with van der Waals surface area (Å²) >= 11 is 16.3. The number of carbonyl (C=O) groups is 1. The first-order chi connectivity index (χ1) is 58.8. The number of carbonyl (C=O) groups excluding carboxylic acids is 1. The molecule has 2 aliphatic rings. The van der Waals surface area contributed by atoms with Crippen LogP contribution in [0.1, 0.15) is 73.4 Å². The number of nitrogens with one attached hydrogen (secondary N) is 4. The molecule has 3 heterocycles. The number of aromatic nitrogens is 3. The summed E-state index contributed by atoms with van der Waals surface area (Å²) in [5.41, 5.74) is 25.7. The average Bonchev–Trinajstić information content (AvgIpc) is 1.57. The molecule has 0 fully saturated rings. The molecule has 7 N–H and O–H groups in total. The van der Waals surface area contributed by atoms with Gasteiger partial charge in [0.25, 0.3) is 0 Å². The Morgan fingerprint density at radius 1 is 0.443 bits per heavy atom. The molecule has 0 saturated carbocycles. The molecule has 3 aromatic heterocycles. The van der Waals surface area contributed by atoms with Gasteiger partial charge in [0, 0.05) is 126 Å². The summed E-state index contributed by atoms with van der Waals surface area (Å²) in [6.07, 6.45) is 5.10. The summed E-state index contributed by atoms with van der Waals surface area (Å²) in [5, 5.41) is 22.6. The van der Waals surface area contributed by atoms with Crippen molar-refractivity contribution in [3.63, 3.8) is 0 Å². The van der Waals surface area contributed by atoms with E-state index in [1.807, 2.05) is 78.9 Å². The van der Waals surface area contributed by atoms with Gasteiger partial charge in [0.05, 0.1) is 25.1 Å². The van der Waals surface area contributed by atoms with Crippen LogP contribution in [-0.2, 0) is 19.3 Å². The number of nitrogens with zero attached hydrogens (tertiary/aromatic N) is 1. The number of halogens is 8. The molecule has 0 unspecified atom stereocenters. The van der Waals surface area contributed by atoms with Crippen LogP contribution in [0.25, 0.3) is 115 Å².